The minimum absolute atomic E-state index is 0.189. The quantitative estimate of drug-likeness (QED) is 0.187. The summed E-state index contributed by atoms with van der Waals surface area (Å²) in [5, 5.41) is 12.4. The van der Waals surface area contributed by atoms with Gasteiger partial charge >= 0.3 is 0 Å². The molecule has 0 atom stereocenters. The molecule has 0 bridgehead atoms. The number of hydrogen-bond acceptors (Lipinski definition) is 4. The second-order valence-corrected chi connectivity index (χ2v) is 16.0. The highest BCUT2D eigenvalue weighted by Crippen LogP contribution is 2.46. The first-order chi connectivity index (χ1) is 26.0. The summed E-state index contributed by atoms with van der Waals surface area (Å²) in [7, 11) is 0. The molecule has 0 saturated carbocycles. The van der Waals surface area contributed by atoms with Crippen molar-refractivity contribution in [3.63, 3.8) is 0 Å². The second-order valence-electron chi connectivity index (χ2n) is 16.0. The van der Waals surface area contributed by atoms with Crippen LogP contribution in [0.5, 0.6) is 5.75 Å². The first-order valence-corrected chi connectivity index (χ1v) is 18.5. The van der Waals surface area contributed by atoms with Gasteiger partial charge in [-0.05, 0) is 63.4 Å². The average molecular weight is 705 g/mol. The minimum Gasteiger partial charge on any atom is -0.507 e. The van der Waals surface area contributed by atoms with Gasteiger partial charge in [0.1, 0.15) is 11.3 Å². The van der Waals surface area contributed by atoms with Crippen LogP contribution < -0.4 is 0 Å². The maximum Gasteiger partial charge on any atom is 0.165 e. The molecule has 0 saturated heterocycles. The van der Waals surface area contributed by atoms with Gasteiger partial charge in [-0.3, -0.25) is 9.55 Å². The number of phenolic OH excluding ortho intramolecular Hbond substituents is 1. The molecule has 0 fully saturated rings. The number of rotatable bonds is 6. The molecule has 0 aliphatic carbocycles. The molecule has 0 aliphatic rings. The summed E-state index contributed by atoms with van der Waals surface area (Å²) >= 11 is 0. The normalized spacial score (nSPS) is 12.0. The third-order valence-corrected chi connectivity index (χ3v) is 10.1. The number of phenols is 1. The summed E-state index contributed by atoms with van der Waals surface area (Å²) in [5.74, 6) is 0.852. The maximum absolute atomic E-state index is 12.4. The summed E-state index contributed by atoms with van der Waals surface area (Å²) in [4.78, 5) is 15.3. The molecule has 8 rings (SSSR count). The van der Waals surface area contributed by atoms with Crippen LogP contribution in [0.1, 0.15) is 52.7 Å². The number of para-hydroxylation sites is 1. The Hall–Kier alpha value is -6.33. The largest absolute Gasteiger partial charge is 0.507 e. The number of pyridine rings is 2. The van der Waals surface area contributed by atoms with E-state index in [-0.39, 0.29) is 16.6 Å². The Balaban J connectivity index is 1.52. The molecule has 0 spiro atoms. The molecule has 5 nitrogen and oxygen atoms in total. The van der Waals surface area contributed by atoms with E-state index in [2.05, 4.69) is 154 Å². The van der Waals surface area contributed by atoms with Crippen molar-refractivity contribution in [1.29, 1.82) is 0 Å². The Morgan fingerprint density at radius 1 is 0.500 bits per heavy atom. The standard InChI is InChI=1S/C49H44N4O/c1-48(2,3)36-30-40(45(54)41(31-36)49(4,5)6)46-52-43-37(34-21-15-22-35(29-34)42-25-13-14-27-50-42)26-28-51-47(43)53(46)44-38(32-17-9-7-10-18-32)23-16-24-39(44)33-19-11-8-12-20-33/h7-31,54H,1-6H3. The number of imidazole rings is 1. The summed E-state index contributed by atoms with van der Waals surface area (Å²) in [5.41, 5.74) is 12.6. The van der Waals surface area contributed by atoms with E-state index in [0.29, 0.717) is 17.0 Å². The van der Waals surface area contributed by atoms with E-state index in [9.17, 15) is 5.11 Å². The SMILES string of the molecule is CC(C)(C)c1cc(-c2nc3c(-c4cccc(-c5ccccn5)c4)ccnc3n2-c2c(-c3ccccc3)cccc2-c2ccccc2)c(O)c(C(C)(C)C)c1. The maximum atomic E-state index is 12.4. The number of nitrogens with zero attached hydrogens (tertiary/aromatic N) is 4. The van der Waals surface area contributed by atoms with Crippen molar-refractivity contribution >= 4 is 11.2 Å². The number of aromatic nitrogens is 4. The molecule has 3 aromatic heterocycles. The Morgan fingerprint density at radius 3 is 1.72 bits per heavy atom. The predicted octanol–water partition coefficient (Wildman–Crippen LogP) is 12.5. The minimum atomic E-state index is -0.330. The van der Waals surface area contributed by atoms with Crippen LogP contribution in [-0.2, 0) is 10.8 Å². The molecule has 0 unspecified atom stereocenters. The van der Waals surface area contributed by atoms with Crippen molar-refractivity contribution in [2.75, 3.05) is 0 Å². The van der Waals surface area contributed by atoms with Gasteiger partial charge in [0, 0.05) is 40.2 Å². The lowest BCUT2D eigenvalue weighted by Gasteiger charge is -2.28. The molecule has 0 aliphatic heterocycles. The van der Waals surface area contributed by atoms with Gasteiger partial charge in [0.2, 0.25) is 0 Å². The van der Waals surface area contributed by atoms with E-state index in [0.717, 1.165) is 67.0 Å². The fraction of sp³-hybridized carbons (Fsp3) is 0.163. The summed E-state index contributed by atoms with van der Waals surface area (Å²) in [6.45, 7) is 13.1. The highest BCUT2D eigenvalue weighted by molar-refractivity contribution is 5.97. The zero-order valence-electron chi connectivity index (χ0n) is 31.7. The lowest BCUT2D eigenvalue weighted by Crippen LogP contribution is -2.17. The molecule has 8 aromatic rings. The number of fused-ring (bicyclic) bond motifs is 1. The van der Waals surface area contributed by atoms with E-state index < -0.39 is 0 Å². The van der Waals surface area contributed by atoms with Gasteiger partial charge < -0.3 is 5.11 Å². The van der Waals surface area contributed by atoms with Crippen LogP contribution in [0.15, 0.2) is 152 Å². The third kappa shape index (κ3) is 6.36. The summed E-state index contributed by atoms with van der Waals surface area (Å²) in [6.07, 6.45) is 3.69. The van der Waals surface area contributed by atoms with Crippen molar-refractivity contribution < 1.29 is 5.11 Å². The molecule has 0 amide bonds. The van der Waals surface area contributed by atoms with Gasteiger partial charge in [-0.1, -0.05) is 151 Å². The van der Waals surface area contributed by atoms with Gasteiger partial charge in [-0.25, -0.2) is 9.97 Å². The van der Waals surface area contributed by atoms with Gasteiger partial charge in [0.05, 0.1) is 16.9 Å². The van der Waals surface area contributed by atoms with Gasteiger partial charge in [0.15, 0.2) is 11.5 Å². The van der Waals surface area contributed by atoms with Crippen molar-refractivity contribution in [1.82, 2.24) is 19.5 Å². The third-order valence-electron chi connectivity index (χ3n) is 10.1. The highest BCUT2D eigenvalue weighted by atomic mass is 16.3. The fourth-order valence-electron chi connectivity index (χ4n) is 7.27. The van der Waals surface area contributed by atoms with Gasteiger partial charge in [0.25, 0.3) is 0 Å². The van der Waals surface area contributed by atoms with Crippen molar-refractivity contribution in [2.24, 2.45) is 0 Å². The van der Waals surface area contributed by atoms with Crippen molar-refractivity contribution in [3.05, 3.63) is 163 Å². The number of benzene rings is 5. The molecule has 266 valence electrons. The monoisotopic (exact) mass is 704 g/mol. The summed E-state index contributed by atoms with van der Waals surface area (Å²) < 4.78 is 2.18. The van der Waals surface area contributed by atoms with Crippen LogP contribution in [0.3, 0.4) is 0 Å². The van der Waals surface area contributed by atoms with Crippen molar-refractivity contribution in [2.45, 2.75) is 52.4 Å². The highest BCUT2D eigenvalue weighted by Gasteiger charge is 2.30. The predicted molar refractivity (Wildman–Crippen MR) is 223 cm³/mol. The van der Waals surface area contributed by atoms with Gasteiger partial charge in [-0.15, -0.1) is 0 Å². The summed E-state index contributed by atoms with van der Waals surface area (Å²) in [6, 6.07) is 48.1. The topological polar surface area (TPSA) is 63.8 Å². The zero-order chi connectivity index (χ0) is 37.6. The van der Waals surface area contributed by atoms with E-state index in [1.54, 1.807) is 0 Å². The van der Waals surface area contributed by atoms with Crippen LogP contribution in [-0.4, -0.2) is 24.6 Å². The van der Waals surface area contributed by atoms with Crippen LogP contribution >= 0.6 is 0 Å². The molecule has 54 heavy (non-hydrogen) atoms. The lowest BCUT2D eigenvalue weighted by molar-refractivity contribution is 0.446. The molecular formula is C49H44N4O. The van der Waals surface area contributed by atoms with Crippen molar-refractivity contribution in [3.8, 4) is 67.5 Å². The Kier molecular flexibility index (Phi) is 8.74. The molecular weight excluding hydrogens is 661 g/mol. The molecule has 0 radical (unpaired) electrons. The number of hydrogen-bond donors (Lipinski definition) is 1. The van der Waals surface area contributed by atoms with Crippen LogP contribution in [0, 0.1) is 0 Å². The molecule has 3 heterocycles. The average Bonchev–Trinajstić information content (AvgIpc) is 3.57. The Bertz CT molecular complexity index is 2550. The van der Waals surface area contributed by atoms with E-state index in [1.165, 1.54) is 0 Å². The smallest absolute Gasteiger partial charge is 0.165 e. The Labute approximate surface area is 317 Å². The molecule has 5 heteroatoms. The molecule has 5 aromatic carbocycles. The van der Waals surface area contributed by atoms with E-state index >= 15 is 0 Å². The van der Waals surface area contributed by atoms with Crippen LogP contribution in [0.4, 0.5) is 0 Å². The Morgan fingerprint density at radius 2 is 1.11 bits per heavy atom. The fourth-order valence-corrected chi connectivity index (χ4v) is 7.27. The lowest BCUT2D eigenvalue weighted by atomic mass is 9.79. The first-order valence-electron chi connectivity index (χ1n) is 18.5. The second kappa shape index (κ2) is 13.6. The molecule has 1 N–H and O–H groups in total. The van der Waals surface area contributed by atoms with Crippen LogP contribution in [0.2, 0.25) is 0 Å². The number of aromatic hydroxyl groups is 1. The first kappa shape index (κ1) is 34.7. The van der Waals surface area contributed by atoms with E-state index in [1.807, 2.05) is 48.8 Å². The van der Waals surface area contributed by atoms with E-state index in [4.69, 9.17) is 9.97 Å². The zero-order valence-corrected chi connectivity index (χ0v) is 31.7. The van der Waals surface area contributed by atoms with Gasteiger partial charge in [-0.2, -0.15) is 0 Å². The van der Waals surface area contributed by atoms with Crippen LogP contribution in [0.25, 0.3) is 72.9 Å².